The van der Waals surface area contributed by atoms with Crippen molar-refractivity contribution in [2.24, 2.45) is 11.8 Å². The van der Waals surface area contributed by atoms with Gasteiger partial charge in [-0.25, -0.2) is 4.98 Å². The molecule has 0 radical (unpaired) electrons. The number of carbonyl (C=O) groups excluding carboxylic acids is 1. The van der Waals surface area contributed by atoms with E-state index < -0.39 is 0 Å². The van der Waals surface area contributed by atoms with Crippen molar-refractivity contribution in [2.75, 3.05) is 7.11 Å². The summed E-state index contributed by atoms with van der Waals surface area (Å²) in [6, 6.07) is 3.79. The van der Waals surface area contributed by atoms with Crippen LogP contribution in [0, 0.1) is 11.8 Å². The van der Waals surface area contributed by atoms with E-state index in [9.17, 15) is 4.79 Å². The Balaban J connectivity index is 1.94. The fourth-order valence-electron chi connectivity index (χ4n) is 4.29. The molecular weight excluding hydrogens is 314 g/mol. The van der Waals surface area contributed by atoms with Crippen LogP contribution >= 0.6 is 0 Å². The summed E-state index contributed by atoms with van der Waals surface area (Å²) in [5, 5.41) is 0. The lowest BCUT2D eigenvalue weighted by Gasteiger charge is -2.44. The molecule has 2 aliphatic rings. The maximum Gasteiger partial charge on any atom is 0.220 e. The summed E-state index contributed by atoms with van der Waals surface area (Å²) >= 11 is 0. The second kappa shape index (κ2) is 5.76. The number of pyridine rings is 1. The van der Waals surface area contributed by atoms with Gasteiger partial charge in [-0.05, 0) is 37.0 Å². The molecule has 2 aromatic heterocycles. The van der Waals surface area contributed by atoms with Crippen molar-refractivity contribution in [1.82, 2.24) is 15.0 Å². The molecule has 128 valence electrons. The van der Waals surface area contributed by atoms with Crippen molar-refractivity contribution in [3.05, 3.63) is 47.9 Å². The topological polar surface area (TPSA) is 65.0 Å². The predicted octanol–water partition coefficient (Wildman–Crippen LogP) is 3.14. The number of hydrogen-bond donors (Lipinski definition) is 0. The molecule has 0 saturated carbocycles. The Morgan fingerprint density at radius 2 is 2.00 bits per heavy atom. The van der Waals surface area contributed by atoms with E-state index >= 15 is 0 Å². The van der Waals surface area contributed by atoms with Crippen molar-refractivity contribution in [2.45, 2.75) is 32.1 Å². The van der Waals surface area contributed by atoms with Crippen molar-refractivity contribution < 1.29 is 9.53 Å². The zero-order valence-corrected chi connectivity index (χ0v) is 14.7. The van der Waals surface area contributed by atoms with Crippen molar-refractivity contribution >= 4 is 5.78 Å². The van der Waals surface area contributed by atoms with Gasteiger partial charge in [-0.15, -0.1) is 0 Å². The molecule has 2 heterocycles. The third kappa shape index (κ3) is 2.37. The number of hydrogen-bond acceptors (Lipinski definition) is 5. The SMILES string of the molecule is COc1nc(-c2ccncc2)nc2c1CCC1[C@@H](C)C(=O)C=C[C@@]21C. The van der Waals surface area contributed by atoms with Crippen LogP contribution in [-0.4, -0.2) is 27.8 Å². The highest BCUT2D eigenvalue weighted by atomic mass is 16.5. The number of fused-ring (bicyclic) bond motifs is 3. The fourth-order valence-corrected chi connectivity index (χ4v) is 4.29. The Kier molecular flexibility index (Phi) is 3.67. The van der Waals surface area contributed by atoms with E-state index in [4.69, 9.17) is 9.72 Å². The normalized spacial score (nSPS) is 27.6. The van der Waals surface area contributed by atoms with E-state index in [1.165, 1.54) is 0 Å². The molecule has 0 aliphatic heterocycles. The minimum Gasteiger partial charge on any atom is -0.481 e. The molecule has 1 unspecified atom stereocenters. The molecular formula is C20H21N3O2. The standard InChI is InChI=1S/C20H21N3O2/c1-12-15-5-4-14-17(20(15,2)9-6-16(12)24)22-18(23-19(14)25-3)13-7-10-21-11-8-13/h6-12,15H,4-5H2,1-3H3/t12-,15?,20-/m1/s1. The molecule has 2 aliphatic carbocycles. The van der Waals surface area contributed by atoms with E-state index in [1.54, 1.807) is 25.6 Å². The maximum atomic E-state index is 12.2. The molecule has 0 spiro atoms. The molecule has 5 heteroatoms. The van der Waals surface area contributed by atoms with Crippen LogP contribution in [0.1, 0.15) is 31.5 Å². The second-order valence-corrected chi connectivity index (χ2v) is 7.07. The summed E-state index contributed by atoms with van der Waals surface area (Å²) in [5.74, 6) is 1.74. The van der Waals surface area contributed by atoms with Crippen molar-refractivity contribution in [3.8, 4) is 17.3 Å². The summed E-state index contributed by atoms with van der Waals surface area (Å²) in [7, 11) is 1.65. The first-order chi connectivity index (χ1) is 12.0. The van der Waals surface area contributed by atoms with Gasteiger partial charge in [-0.1, -0.05) is 19.9 Å². The van der Waals surface area contributed by atoms with Crippen LogP contribution in [0.5, 0.6) is 5.88 Å². The maximum absolute atomic E-state index is 12.2. The summed E-state index contributed by atoms with van der Waals surface area (Å²) in [6.07, 6.45) is 8.99. The van der Waals surface area contributed by atoms with Gasteiger partial charge in [0.15, 0.2) is 11.6 Å². The lowest BCUT2D eigenvalue weighted by molar-refractivity contribution is -0.120. The highest BCUT2D eigenvalue weighted by molar-refractivity contribution is 5.93. The summed E-state index contributed by atoms with van der Waals surface area (Å²) in [5.41, 5.74) is 2.67. The van der Waals surface area contributed by atoms with Crippen LogP contribution in [-0.2, 0) is 16.6 Å². The highest BCUT2D eigenvalue weighted by Gasteiger charge is 2.47. The molecule has 0 aromatic carbocycles. The lowest BCUT2D eigenvalue weighted by Crippen LogP contribution is -2.44. The van der Waals surface area contributed by atoms with Crippen LogP contribution in [0.15, 0.2) is 36.7 Å². The average molecular weight is 335 g/mol. The number of carbonyl (C=O) groups is 1. The first-order valence-corrected chi connectivity index (χ1v) is 8.63. The molecule has 4 rings (SSSR count). The molecule has 0 N–H and O–H groups in total. The zero-order chi connectivity index (χ0) is 17.6. The molecule has 0 amide bonds. The van der Waals surface area contributed by atoms with Gasteiger partial charge < -0.3 is 4.74 Å². The zero-order valence-electron chi connectivity index (χ0n) is 14.7. The second-order valence-electron chi connectivity index (χ2n) is 7.07. The van der Waals surface area contributed by atoms with Crippen LogP contribution in [0.25, 0.3) is 11.4 Å². The Hall–Kier alpha value is -2.56. The molecule has 3 atom stereocenters. The Morgan fingerprint density at radius 3 is 2.72 bits per heavy atom. The fraction of sp³-hybridized carbons (Fsp3) is 0.400. The van der Waals surface area contributed by atoms with Gasteiger partial charge in [-0.3, -0.25) is 9.78 Å². The molecule has 25 heavy (non-hydrogen) atoms. The smallest absolute Gasteiger partial charge is 0.220 e. The van der Waals surface area contributed by atoms with Gasteiger partial charge in [0.05, 0.1) is 12.8 Å². The Labute approximate surface area is 147 Å². The van der Waals surface area contributed by atoms with Gasteiger partial charge in [0.2, 0.25) is 5.88 Å². The van der Waals surface area contributed by atoms with Crippen LogP contribution < -0.4 is 4.74 Å². The third-order valence-electron chi connectivity index (χ3n) is 5.73. The lowest BCUT2D eigenvalue weighted by atomic mass is 9.59. The summed E-state index contributed by atoms with van der Waals surface area (Å²) in [6.45, 7) is 4.21. The first kappa shape index (κ1) is 15.9. The number of ether oxygens (including phenoxy) is 1. The van der Waals surface area contributed by atoms with E-state index in [-0.39, 0.29) is 23.0 Å². The minimum atomic E-state index is -0.279. The summed E-state index contributed by atoms with van der Waals surface area (Å²) in [4.78, 5) is 25.8. The van der Waals surface area contributed by atoms with Crippen molar-refractivity contribution in [1.29, 1.82) is 0 Å². The third-order valence-corrected chi connectivity index (χ3v) is 5.73. The largest absolute Gasteiger partial charge is 0.481 e. The molecule has 0 saturated heterocycles. The molecule has 0 bridgehead atoms. The molecule has 2 aromatic rings. The Morgan fingerprint density at radius 1 is 1.24 bits per heavy atom. The number of nitrogens with zero attached hydrogens (tertiary/aromatic N) is 3. The average Bonchev–Trinajstić information content (AvgIpc) is 2.65. The van der Waals surface area contributed by atoms with Gasteiger partial charge in [0.25, 0.3) is 0 Å². The molecule has 5 nitrogen and oxygen atoms in total. The molecule has 0 fully saturated rings. The first-order valence-electron chi connectivity index (χ1n) is 8.63. The van der Waals surface area contributed by atoms with Crippen LogP contribution in [0.2, 0.25) is 0 Å². The van der Waals surface area contributed by atoms with Crippen molar-refractivity contribution in [3.63, 3.8) is 0 Å². The van der Waals surface area contributed by atoms with Gasteiger partial charge in [0, 0.05) is 34.9 Å². The number of rotatable bonds is 2. The number of methoxy groups -OCH3 is 1. The monoisotopic (exact) mass is 335 g/mol. The Bertz CT molecular complexity index is 863. The number of ketones is 1. The van der Waals surface area contributed by atoms with Crippen LogP contribution in [0.3, 0.4) is 0 Å². The highest BCUT2D eigenvalue weighted by Crippen LogP contribution is 2.49. The van der Waals surface area contributed by atoms with Gasteiger partial charge in [-0.2, -0.15) is 4.98 Å². The minimum absolute atomic E-state index is 0.00786. The van der Waals surface area contributed by atoms with Crippen LogP contribution in [0.4, 0.5) is 0 Å². The number of allylic oxidation sites excluding steroid dienone is 2. The summed E-state index contributed by atoms with van der Waals surface area (Å²) < 4.78 is 5.59. The predicted molar refractivity (Wildman–Crippen MR) is 94.3 cm³/mol. The van der Waals surface area contributed by atoms with E-state index in [0.29, 0.717) is 11.7 Å². The van der Waals surface area contributed by atoms with E-state index in [2.05, 4.69) is 16.9 Å². The van der Waals surface area contributed by atoms with Gasteiger partial charge >= 0.3 is 0 Å². The number of aromatic nitrogens is 3. The van der Waals surface area contributed by atoms with E-state index in [1.807, 2.05) is 25.1 Å². The van der Waals surface area contributed by atoms with E-state index in [0.717, 1.165) is 29.7 Å². The van der Waals surface area contributed by atoms with Gasteiger partial charge in [0.1, 0.15) is 0 Å². The quantitative estimate of drug-likeness (QED) is 0.843.